The number of likely N-dealkylation sites (N-methyl/N-ethyl adjacent to an activating group) is 1. The Bertz CT molecular complexity index is 1360. The highest BCUT2D eigenvalue weighted by molar-refractivity contribution is 6.25. The van der Waals surface area contributed by atoms with E-state index in [4.69, 9.17) is 10.5 Å². The van der Waals surface area contributed by atoms with Crippen LogP contribution >= 0.6 is 0 Å². The van der Waals surface area contributed by atoms with Gasteiger partial charge in [0.05, 0.1) is 31.4 Å². The number of carbonyl (C=O) groups excluding carboxylic acids is 4. The Kier molecular flexibility index (Phi) is 6.62. The van der Waals surface area contributed by atoms with Gasteiger partial charge in [0.15, 0.2) is 17.2 Å². The number of aliphatic hydroxyl groups is 3. The largest absolute Gasteiger partial charge is 0.510 e. The van der Waals surface area contributed by atoms with E-state index >= 15 is 0 Å². The summed E-state index contributed by atoms with van der Waals surface area (Å²) in [5.74, 6) is -7.48. The summed E-state index contributed by atoms with van der Waals surface area (Å²) >= 11 is 0. The number of ketones is 3. The summed E-state index contributed by atoms with van der Waals surface area (Å²) in [4.78, 5) is 55.9. The van der Waals surface area contributed by atoms with Crippen molar-refractivity contribution < 1.29 is 44.3 Å². The summed E-state index contributed by atoms with van der Waals surface area (Å²) in [5.41, 5.74) is 1.94. The Balaban J connectivity index is 1.62. The van der Waals surface area contributed by atoms with Gasteiger partial charge in [0, 0.05) is 30.1 Å². The van der Waals surface area contributed by atoms with Crippen molar-refractivity contribution in [3.63, 3.8) is 0 Å². The highest BCUT2D eigenvalue weighted by atomic mass is 16.5. The maximum atomic E-state index is 13.8. The van der Waals surface area contributed by atoms with Gasteiger partial charge in [-0.3, -0.25) is 29.0 Å². The van der Waals surface area contributed by atoms with Crippen LogP contribution in [0.5, 0.6) is 5.75 Å². The van der Waals surface area contributed by atoms with Crippen molar-refractivity contribution in [2.45, 2.75) is 24.5 Å². The minimum Gasteiger partial charge on any atom is -0.510 e. The highest BCUT2D eigenvalue weighted by Crippen LogP contribution is 2.52. The summed E-state index contributed by atoms with van der Waals surface area (Å²) < 4.78 is 5.33. The number of phenolic OH excluding ortho intramolecular Hbond substituents is 1. The molecule has 12 nitrogen and oxygen atoms in total. The number of amides is 1. The van der Waals surface area contributed by atoms with Crippen LogP contribution in [0.3, 0.4) is 0 Å². The second kappa shape index (κ2) is 9.56. The van der Waals surface area contributed by atoms with Gasteiger partial charge in [-0.05, 0) is 50.6 Å². The molecule has 0 unspecified atom stereocenters. The maximum Gasteiger partial charge on any atom is 0.255 e. The molecule has 1 aliphatic heterocycles. The van der Waals surface area contributed by atoms with Gasteiger partial charge in [-0.2, -0.15) is 0 Å². The van der Waals surface area contributed by atoms with E-state index in [0.717, 1.165) is 0 Å². The molecule has 4 atom stereocenters. The highest BCUT2D eigenvalue weighted by Gasteiger charge is 2.63. The standard InChI is InChI=1S/C27H31N3O9/c1-29(2)21-15-10-12-9-14-13(17(32)11-30-5-7-39-8-6-30)3-4-16(31)19(14)22(33)18(12)24(35)27(15,38)25(36)20(23(21)34)26(28)37/h3-4,12,15,21,31,34-35,38H,5-11H2,1-2H3,(H2,28,37)/t12-,15-,21-,27-/m0/s1. The third-order valence-electron chi connectivity index (χ3n) is 8.38. The third kappa shape index (κ3) is 3.97. The monoisotopic (exact) mass is 541 g/mol. The number of nitrogens with zero attached hydrogens (tertiary/aromatic N) is 2. The van der Waals surface area contributed by atoms with Crippen LogP contribution in [0.15, 0.2) is 34.8 Å². The Morgan fingerprint density at radius 1 is 1.15 bits per heavy atom. The molecule has 1 heterocycles. The number of benzene rings is 1. The summed E-state index contributed by atoms with van der Waals surface area (Å²) in [6, 6.07) is 1.63. The molecular weight excluding hydrogens is 510 g/mol. The predicted octanol–water partition coefficient (Wildman–Crippen LogP) is -0.364. The van der Waals surface area contributed by atoms with Crippen LogP contribution in [0.25, 0.3) is 0 Å². The van der Waals surface area contributed by atoms with Crippen molar-refractivity contribution in [1.29, 1.82) is 0 Å². The molecule has 1 aromatic carbocycles. The zero-order valence-electron chi connectivity index (χ0n) is 21.6. The predicted molar refractivity (Wildman–Crippen MR) is 135 cm³/mol. The topological polar surface area (TPSA) is 191 Å². The first-order valence-corrected chi connectivity index (χ1v) is 12.7. The molecule has 5 rings (SSSR count). The van der Waals surface area contributed by atoms with Crippen molar-refractivity contribution >= 4 is 23.3 Å². The smallest absolute Gasteiger partial charge is 0.255 e. The lowest BCUT2D eigenvalue weighted by Gasteiger charge is -2.50. The summed E-state index contributed by atoms with van der Waals surface area (Å²) in [6.07, 6.45) is 0.0195. The number of hydrogen-bond donors (Lipinski definition) is 5. The molecule has 1 saturated heterocycles. The number of nitrogens with two attached hydrogens (primary N) is 1. The summed E-state index contributed by atoms with van der Waals surface area (Å²) in [5, 5.41) is 44.5. The van der Waals surface area contributed by atoms with Gasteiger partial charge >= 0.3 is 0 Å². The van der Waals surface area contributed by atoms with E-state index in [1.165, 1.54) is 17.0 Å². The first-order valence-electron chi connectivity index (χ1n) is 12.7. The number of fused-ring (bicyclic) bond motifs is 3. The zero-order chi connectivity index (χ0) is 28.4. The molecule has 3 aliphatic carbocycles. The van der Waals surface area contributed by atoms with Crippen LogP contribution in [0, 0.1) is 11.8 Å². The van der Waals surface area contributed by atoms with Crippen molar-refractivity contribution in [2.75, 3.05) is 46.9 Å². The van der Waals surface area contributed by atoms with Crippen molar-refractivity contribution in [3.8, 4) is 5.75 Å². The van der Waals surface area contributed by atoms with Crippen LogP contribution in [-0.2, 0) is 20.7 Å². The zero-order valence-corrected chi connectivity index (χ0v) is 21.6. The Labute approximate surface area is 223 Å². The van der Waals surface area contributed by atoms with Crippen molar-refractivity contribution in [3.05, 3.63) is 51.5 Å². The lowest BCUT2D eigenvalue weighted by Crippen LogP contribution is -2.63. The molecule has 4 aliphatic rings. The number of hydrogen-bond acceptors (Lipinski definition) is 11. The number of aliphatic hydroxyl groups excluding tert-OH is 2. The van der Waals surface area contributed by atoms with Crippen LogP contribution in [0.1, 0.15) is 32.7 Å². The third-order valence-corrected chi connectivity index (χ3v) is 8.38. The Hall–Kier alpha value is -3.58. The average molecular weight is 542 g/mol. The fraction of sp³-hybridized carbons (Fsp3) is 0.481. The number of carbonyl (C=O) groups is 4. The second-order valence-corrected chi connectivity index (χ2v) is 10.8. The molecule has 0 aromatic heterocycles. The minimum atomic E-state index is -2.70. The van der Waals surface area contributed by atoms with E-state index in [9.17, 15) is 39.6 Å². The molecule has 0 bridgehead atoms. The quantitative estimate of drug-likeness (QED) is 0.241. The normalized spacial score (nSPS) is 29.3. The van der Waals surface area contributed by atoms with Gasteiger partial charge < -0.3 is 30.9 Å². The molecule has 208 valence electrons. The summed E-state index contributed by atoms with van der Waals surface area (Å²) in [6.45, 7) is 2.27. The first-order chi connectivity index (χ1) is 18.4. The van der Waals surface area contributed by atoms with E-state index in [2.05, 4.69) is 0 Å². The molecule has 39 heavy (non-hydrogen) atoms. The number of phenols is 1. The summed E-state index contributed by atoms with van der Waals surface area (Å²) in [7, 11) is 3.13. The number of morpholine rings is 1. The van der Waals surface area contributed by atoms with Crippen LogP contribution in [-0.4, -0.2) is 112 Å². The molecule has 1 amide bonds. The molecule has 1 fully saturated rings. The molecular formula is C27H31N3O9. The Morgan fingerprint density at radius 2 is 1.82 bits per heavy atom. The SMILES string of the molecule is CN(C)[C@@H]1C(O)=C(C(N)=O)C(=O)[C@@]2(O)C(O)=C3C(=O)c4c(O)ccc(C(=O)CN5CCOCC5)c4C[C@H]3C[C@@H]12. The van der Waals surface area contributed by atoms with Gasteiger partial charge in [0.25, 0.3) is 5.91 Å². The average Bonchev–Trinajstić information content (AvgIpc) is 2.86. The van der Waals surface area contributed by atoms with E-state index in [0.29, 0.717) is 31.9 Å². The van der Waals surface area contributed by atoms with Gasteiger partial charge in [-0.15, -0.1) is 0 Å². The molecule has 6 N–H and O–H groups in total. The number of primary amides is 1. The lowest BCUT2D eigenvalue weighted by atomic mass is 9.58. The minimum absolute atomic E-state index is 0.0431. The molecule has 12 heteroatoms. The second-order valence-electron chi connectivity index (χ2n) is 10.8. The van der Waals surface area contributed by atoms with E-state index < -0.39 is 63.8 Å². The molecule has 0 radical (unpaired) electrons. The number of allylic oxidation sites excluding steroid dienone is 1. The van der Waals surface area contributed by atoms with Gasteiger partial charge in [-0.1, -0.05) is 0 Å². The van der Waals surface area contributed by atoms with Crippen LogP contribution in [0.2, 0.25) is 0 Å². The van der Waals surface area contributed by atoms with Crippen molar-refractivity contribution in [2.24, 2.45) is 17.6 Å². The fourth-order valence-corrected chi connectivity index (χ4v) is 6.56. The lowest BCUT2D eigenvalue weighted by molar-refractivity contribution is -0.148. The first kappa shape index (κ1) is 27.0. The number of aromatic hydroxyl groups is 1. The van der Waals surface area contributed by atoms with Gasteiger partial charge in [-0.25, -0.2) is 0 Å². The van der Waals surface area contributed by atoms with Gasteiger partial charge in [0.2, 0.25) is 5.78 Å². The van der Waals surface area contributed by atoms with E-state index in [1.807, 2.05) is 4.90 Å². The maximum absolute atomic E-state index is 13.8. The molecule has 0 spiro atoms. The molecule has 0 saturated carbocycles. The van der Waals surface area contributed by atoms with Crippen LogP contribution in [0.4, 0.5) is 0 Å². The number of Topliss-reactive ketones (excluding diaryl/α,β-unsaturated/α-hetero) is 3. The van der Waals surface area contributed by atoms with E-state index in [1.54, 1.807) is 14.1 Å². The van der Waals surface area contributed by atoms with Gasteiger partial charge in [0.1, 0.15) is 22.8 Å². The fourth-order valence-electron chi connectivity index (χ4n) is 6.56. The van der Waals surface area contributed by atoms with E-state index in [-0.39, 0.29) is 41.9 Å². The molecule has 1 aromatic rings. The Morgan fingerprint density at radius 3 is 2.44 bits per heavy atom. The number of rotatable bonds is 5. The van der Waals surface area contributed by atoms with Crippen LogP contribution < -0.4 is 5.73 Å². The number of ether oxygens (including phenoxy) is 1. The van der Waals surface area contributed by atoms with Crippen molar-refractivity contribution in [1.82, 2.24) is 9.80 Å².